The summed E-state index contributed by atoms with van der Waals surface area (Å²) in [6, 6.07) is -2.98. The lowest BCUT2D eigenvalue weighted by Gasteiger charge is -2.46. The van der Waals surface area contributed by atoms with E-state index in [1.807, 2.05) is 0 Å². The van der Waals surface area contributed by atoms with Crippen molar-refractivity contribution >= 4 is 17.8 Å². The van der Waals surface area contributed by atoms with Gasteiger partial charge >= 0.3 is 11.8 Å². The zero-order valence-electron chi connectivity index (χ0n) is 18.6. The minimum atomic E-state index is -3.57. The monoisotopic (exact) mass is 466 g/mol. The fourth-order valence-corrected chi connectivity index (χ4v) is 3.61. The van der Waals surface area contributed by atoms with E-state index in [1.54, 1.807) is 0 Å². The molecule has 0 aromatic rings. The van der Waals surface area contributed by atoms with Gasteiger partial charge in [-0.25, -0.2) is 9.18 Å². The van der Waals surface area contributed by atoms with Crippen LogP contribution in [-0.2, 0) is 19.1 Å². The Labute approximate surface area is 186 Å². The molecule has 1 rings (SSSR count). The molecule has 0 aliphatic carbocycles. The van der Waals surface area contributed by atoms with Gasteiger partial charge in [0.15, 0.2) is 12.1 Å². The first-order valence-corrected chi connectivity index (χ1v) is 10.9. The molecule has 0 radical (unpaired) electrons. The average Bonchev–Trinajstić information content (AvgIpc) is 2.72. The van der Waals surface area contributed by atoms with E-state index >= 15 is 8.78 Å². The number of aliphatic hydroxyl groups excluding tert-OH is 2. The molecule has 6 atom stereocenters. The van der Waals surface area contributed by atoms with Crippen LogP contribution in [0.3, 0.4) is 0 Å². The second kappa shape index (κ2) is 13.5. The lowest BCUT2D eigenvalue weighted by molar-refractivity contribution is -0.264. The lowest BCUT2D eigenvalue weighted by atomic mass is 9.87. The third-order valence-corrected chi connectivity index (χ3v) is 5.20. The normalized spacial score (nSPS) is 28.6. The number of esters is 1. The van der Waals surface area contributed by atoms with E-state index in [1.165, 1.54) is 0 Å². The van der Waals surface area contributed by atoms with Crippen LogP contribution in [0.2, 0.25) is 0 Å². The molecule has 0 spiro atoms. The number of carbonyl (C=O) groups is 2. The van der Waals surface area contributed by atoms with Crippen molar-refractivity contribution in [2.75, 3.05) is 13.2 Å². The summed E-state index contributed by atoms with van der Waals surface area (Å²) in [5, 5.41) is 30.9. The molecular weight excluding hydrogens is 430 g/mol. The van der Waals surface area contributed by atoms with E-state index in [4.69, 9.17) is 25.7 Å². The van der Waals surface area contributed by atoms with Gasteiger partial charge in [0.05, 0.1) is 37.5 Å². The number of hydrogen-bond acceptors (Lipinski definition) is 7. The molecule has 1 aliphatic rings. The van der Waals surface area contributed by atoms with Gasteiger partial charge < -0.3 is 36.1 Å². The van der Waals surface area contributed by atoms with Gasteiger partial charge in [0.2, 0.25) is 5.91 Å². The molecule has 0 aromatic carbocycles. The highest BCUT2D eigenvalue weighted by molar-refractivity contribution is 5.80. The highest BCUT2D eigenvalue weighted by atomic mass is 19.2. The number of halogens is 2. The van der Waals surface area contributed by atoms with Crippen LogP contribution in [0, 0.1) is 5.41 Å². The Balaban J connectivity index is 2.99. The second-order valence-corrected chi connectivity index (χ2v) is 7.99. The summed E-state index contributed by atoms with van der Waals surface area (Å²) >= 11 is 0. The Kier molecular flexibility index (Phi) is 11.8. The molecule has 186 valence electrons. The Morgan fingerprint density at radius 3 is 2.41 bits per heavy atom. The zero-order valence-corrected chi connectivity index (χ0v) is 18.6. The van der Waals surface area contributed by atoms with E-state index in [0.29, 0.717) is 6.42 Å². The lowest BCUT2D eigenvalue weighted by Crippen LogP contribution is -2.72. The van der Waals surface area contributed by atoms with Gasteiger partial charge in [0, 0.05) is 13.3 Å². The topological polar surface area (TPSA) is 167 Å². The van der Waals surface area contributed by atoms with Crippen LogP contribution in [0.5, 0.6) is 0 Å². The van der Waals surface area contributed by atoms with Crippen molar-refractivity contribution in [3.8, 4) is 0 Å². The van der Waals surface area contributed by atoms with Gasteiger partial charge in [-0.15, -0.1) is 0 Å². The molecule has 32 heavy (non-hydrogen) atoms. The summed E-state index contributed by atoms with van der Waals surface area (Å²) in [4.78, 5) is 24.1. The Morgan fingerprint density at radius 2 is 1.84 bits per heavy atom. The molecule has 7 N–H and O–H groups in total. The van der Waals surface area contributed by atoms with Crippen LogP contribution in [0.15, 0.2) is 0 Å². The maximum atomic E-state index is 15.6. The second-order valence-electron chi connectivity index (χ2n) is 7.99. The Hall–Kier alpha value is -2.05. The summed E-state index contributed by atoms with van der Waals surface area (Å²) in [6.07, 6.45) is -0.588. The highest BCUT2D eigenvalue weighted by Gasteiger charge is 2.62. The molecule has 1 amide bonds. The van der Waals surface area contributed by atoms with Crippen LogP contribution in [-0.4, -0.2) is 77.6 Å². The zero-order chi connectivity index (χ0) is 24.3. The molecule has 1 saturated heterocycles. The maximum absolute atomic E-state index is 15.6. The molecular formula is C20H36F2N4O6. The molecule has 0 bridgehead atoms. The molecule has 4 unspecified atom stereocenters. The largest absolute Gasteiger partial charge is 0.461 e. The van der Waals surface area contributed by atoms with E-state index in [-0.39, 0.29) is 6.61 Å². The number of amides is 1. The first kappa shape index (κ1) is 28.0. The summed E-state index contributed by atoms with van der Waals surface area (Å²) in [6.45, 7) is 2.37. The standard InChI is InChI=1S/C20H36F2N4O6/c1-3-4-5-6-7-8-9-31-18(30)20(22)17(21)16(26-19(23)24)15(25-12(2)28)14(32-20)10-13(29)11-27/h13-17,27,29H,3-11H2,1-2H3,(H,25,28)(H4,23,24,26)/t13-,14?,15?,16?,17?,20+/m0/s1. The van der Waals surface area contributed by atoms with Crippen LogP contribution >= 0.6 is 0 Å². The van der Waals surface area contributed by atoms with Crippen molar-refractivity contribution < 1.29 is 38.1 Å². The first-order chi connectivity index (χ1) is 15.1. The number of nitrogens with one attached hydrogen (secondary N) is 3. The van der Waals surface area contributed by atoms with Gasteiger partial charge in [-0.2, -0.15) is 4.39 Å². The third-order valence-electron chi connectivity index (χ3n) is 5.20. The SMILES string of the molecule is CCCCCCCCOC(=O)[C@]1(F)OC(C[C@H](O)CO)C(NC(C)=O)C(NC(=N)N)C1F. The molecule has 0 saturated carbocycles. The number of rotatable bonds is 13. The quantitative estimate of drug-likeness (QED) is 0.0981. The van der Waals surface area contributed by atoms with Crippen molar-refractivity contribution in [3.63, 3.8) is 0 Å². The molecule has 1 heterocycles. The fourth-order valence-electron chi connectivity index (χ4n) is 3.61. The number of nitrogens with two attached hydrogens (primary N) is 1. The highest BCUT2D eigenvalue weighted by Crippen LogP contribution is 2.36. The van der Waals surface area contributed by atoms with Gasteiger partial charge in [0.1, 0.15) is 0 Å². The van der Waals surface area contributed by atoms with Crippen molar-refractivity contribution in [1.29, 1.82) is 5.41 Å². The van der Waals surface area contributed by atoms with Gasteiger partial charge in [0.25, 0.3) is 0 Å². The van der Waals surface area contributed by atoms with Crippen molar-refractivity contribution in [2.45, 2.75) is 95.1 Å². The molecule has 1 aliphatic heterocycles. The van der Waals surface area contributed by atoms with E-state index in [2.05, 4.69) is 17.6 Å². The number of guanidine groups is 1. The first-order valence-electron chi connectivity index (χ1n) is 10.9. The minimum Gasteiger partial charge on any atom is -0.461 e. The molecule has 0 aromatic heterocycles. The summed E-state index contributed by atoms with van der Waals surface area (Å²) in [7, 11) is 0. The third kappa shape index (κ3) is 8.14. The number of carbonyl (C=O) groups excluding carboxylic acids is 2. The van der Waals surface area contributed by atoms with Crippen LogP contribution < -0.4 is 16.4 Å². The van der Waals surface area contributed by atoms with Gasteiger partial charge in [-0.3, -0.25) is 10.2 Å². The van der Waals surface area contributed by atoms with E-state index < -0.39 is 67.2 Å². The smallest absolute Gasteiger partial charge is 0.375 e. The van der Waals surface area contributed by atoms with Crippen molar-refractivity contribution in [2.24, 2.45) is 5.73 Å². The number of alkyl halides is 2. The van der Waals surface area contributed by atoms with Crippen molar-refractivity contribution in [3.05, 3.63) is 0 Å². The molecule has 1 fully saturated rings. The Bertz CT molecular complexity index is 629. The van der Waals surface area contributed by atoms with Gasteiger partial charge in [-0.1, -0.05) is 39.0 Å². The summed E-state index contributed by atoms with van der Waals surface area (Å²) in [5.74, 6) is -6.50. The van der Waals surface area contributed by atoms with Crippen LogP contribution in [0.1, 0.15) is 58.8 Å². The Morgan fingerprint density at radius 1 is 1.22 bits per heavy atom. The summed E-state index contributed by atoms with van der Waals surface area (Å²) < 4.78 is 40.8. The maximum Gasteiger partial charge on any atom is 0.375 e. The number of ether oxygens (including phenoxy) is 2. The fraction of sp³-hybridized carbons (Fsp3) is 0.850. The number of aliphatic hydroxyl groups is 2. The minimum absolute atomic E-state index is 0.128. The molecule has 10 nitrogen and oxygen atoms in total. The predicted molar refractivity (Wildman–Crippen MR) is 112 cm³/mol. The summed E-state index contributed by atoms with van der Waals surface area (Å²) in [5.41, 5.74) is 5.29. The van der Waals surface area contributed by atoms with E-state index in [9.17, 15) is 14.7 Å². The van der Waals surface area contributed by atoms with Gasteiger partial charge in [-0.05, 0) is 6.42 Å². The average molecular weight is 467 g/mol. The number of hydrogen-bond donors (Lipinski definition) is 6. The number of unbranched alkanes of at least 4 members (excludes halogenated alkanes) is 5. The van der Waals surface area contributed by atoms with E-state index in [0.717, 1.165) is 39.0 Å². The van der Waals surface area contributed by atoms with Crippen molar-refractivity contribution in [1.82, 2.24) is 10.6 Å². The molecule has 12 heteroatoms. The predicted octanol–water partition coefficient (Wildman–Crippen LogP) is 0.392. The van der Waals surface area contributed by atoms with Crippen LogP contribution in [0.4, 0.5) is 8.78 Å². The van der Waals surface area contributed by atoms with Crippen LogP contribution in [0.25, 0.3) is 0 Å².